The van der Waals surface area contributed by atoms with Gasteiger partial charge in [-0.3, -0.25) is 0 Å². The average Bonchev–Trinajstić information content (AvgIpc) is 2.44. The third-order valence-electron chi connectivity index (χ3n) is 3.25. The Hall–Kier alpha value is -0.440. The summed E-state index contributed by atoms with van der Waals surface area (Å²) in [5, 5.41) is 4.87. The zero-order chi connectivity index (χ0) is 15.6. The van der Waals surface area contributed by atoms with Gasteiger partial charge in [-0.2, -0.15) is 0 Å². The molecule has 0 saturated heterocycles. The van der Waals surface area contributed by atoms with Crippen LogP contribution in [0.5, 0.6) is 0 Å². The van der Waals surface area contributed by atoms with Crippen LogP contribution in [0.2, 0.25) is 20.1 Å². The Morgan fingerprint density at radius 3 is 2.29 bits per heavy atom. The van der Waals surface area contributed by atoms with E-state index >= 15 is 0 Å². The number of hydrogen-bond donors (Lipinski definition) is 1. The van der Waals surface area contributed by atoms with E-state index in [0.29, 0.717) is 20.1 Å². The molecule has 0 fully saturated rings. The minimum atomic E-state index is 0.328. The first-order valence-electron chi connectivity index (χ1n) is 6.59. The highest BCUT2D eigenvalue weighted by atomic mass is 35.5. The molecule has 21 heavy (non-hydrogen) atoms. The predicted octanol–water partition coefficient (Wildman–Crippen LogP) is 6.39. The van der Waals surface area contributed by atoms with Crippen molar-refractivity contribution >= 4 is 46.4 Å². The standard InChI is InChI=1S/C16H15Cl4N/c1-3-21-8-10-4-5-11(9(2)6-10)14-12(17)7-13(18)15(19)16(14)20/h4-7,21H,3,8H2,1-2H3. The van der Waals surface area contributed by atoms with Crippen molar-refractivity contribution in [3.8, 4) is 11.1 Å². The molecule has 0 radical (unpaired) electrons. The molecule has 0 heterocycles. The van der Waals surface area contributed by atoms with Crippen molar-refractivity contribution in [2.75, 3.05) is 6.54 Å². The molecule has 0 atom stereocenters. The van der Waals surface area contributed by atoms with Crippen LogP contribution in [0.25, 0.3) is 11.1 Å². The molecule has 0 aliphatic heterocycles. The Kier molecular flexibility index (Phi) is 5.81. The maximum absolute atomic E-state index is 6.32. The fourth-order valence-corrected chi connectivity index (χ4v) is 3.31. The minimum absolute atomic E-state index is 0.328. The van der Waals surface area contributed by atoms with Gasteiger partial charge in [0.2, 0.25) is 0 Å². The Labute approximate surface area is 145 Å². The highest BCUT2D eigenvalue weighted by Gasteiger charge is 2.16. The topological polar surface area (TPSA) is 12.0 Å². The highest BCUT2D eigenvalue weighted by Crippen LogP contribution is 2.43. The molecule has 2 aromatic carbocycles. The summed E-state index contributed by atoms with van der Waals surface area (Å²) in [5.41, 5.74) is 3.99. The van der Waals surface area contributed by atoms with Crippen LogP contribution in [-0.4, -0.2) is 6.54 Å². The fourth-order valence-electron chi connectivity index (χ4n) is 2.20. The number of benzene rings is 2. The molecular formula is C16H15Cl4N. The van der Waals surface area contributed by atoms with Gasteiger partial charge in [0.15, 0.2) is 0 Å². The van der Waals surface area contributed by atoms with Crippen LogP contribution in [-0.2, 0) is 6.54 Å². The van der Waals surface area contributed by atoms with Gasteiger partial charge in [-0.15, -0.1) is 0 Å². The van der Waals surface area contributed by atoms with E-state index in [1.54, 1.807) is 6.07 Å². The van der Waals surface area contributed by atoms with Gasteiger partial charge in [0.1, 0.15) is 0 Å². The molecular weight excluding hydrogens is 348 g/mol. The lowest BCUT2D eigenvalue weighted by Crippen LogP contribution is -2.11. The third kappa shape index (κ3) is 3.67. The van der Waals surface area contributed by atoms with Crippen molar-refractivity contribution in [2.24, 2.45) is 0 Å². The minimum Gasteiger partial charge on any atom is -0.313 e. The molecule has 2 rings (SSSR count). The van der Waals surface area contributed by atoms with Crippen LogP contribution in [0, 0.1) is 6.92 Å². The number of aryl methyl sites for hydroxylation is 1. The Bertz CT molecular complexity index is 668. The van der Waals surface area contributed by atoms with Gasteiger partial charge in [0, 0.05) is 12.1 Å². The lowest BCUT2D eigenvalue weighted by Gasteiger charge is -2.14. The predicted molar refractivity (Wildman–Crippen MR) is 94.0 cm³/mol. The van der Waals surface area contributed by atoms with Crippen molar-refractivity contribution in [1.82, 2.24) is 5.32 Å². The first kappa shape index (κ1) is 16.9. The number of nitrogens with one attached hydrogen (secondary N) is 1. The fraction of sp³-hybridized carbons (Fsp3) is 0.250. The van der Waals surface area contributed by atoms with Crippen molar-refractivity contribution in [3.63, 3.8) is 0 Å². The summed E-state index contributed by atoms with van der Waals surface area (Å²) in [4.78, 5) is 0. The van der Waals surface area contributed by atoms with E-state index in [1.165, 1.54) is 5.56 Å². The van der Waals surface area contributed by atoms with Gasteiger partial charge in [0.25, 0.3) is 0 Å². The van der Waals surface area contributed by atoms with Gasteiger partial charge >= 0.3 is 0 Å². The smallest absolute Gasteiger partial charge is 0.0785 e. The molecule has 0 unspecified atom stereocenters. The van der Waals surface area contributed by atoms with Crippen molar-refractivity contribution in [2.45, 2.75) is 20.4 Å². The lowest BCUT2D eigenvalue weighted by atomic mass is 9.98. The van der Waals surface area contributed by atoms with E-state index in [4.69, 9.17) is 46.4 Å². The molecule has 0 aromatic heterocycles. The van der Waals surface area contributed by atoms with E-state index in [9.17, 15) is 0 Å². The Balaban J connectivity index is 2.50. The zero-order valence-corrected chi connectivity index (χ0v) is 14.8. The van der Waals surface area contributed by atoms with Gasteiger partial charge in [-0.25, -0.2) is 0 Å². The number of hydrogen-bond acceptors (Lipinski definition) is 1. The van der Waals surface area contributed by atoms with Gasteiger partial charge < -0.3 is 5.32 Å². The summed E-state index contributed by atoms with van der Waals surface area (Å²) in [5.74, 6) is 0. The van der Waals surface area contributed by atoms with E-state index in [-0.39, 0.29) is 0 Å². The van der Waals surface area contributed by atoms with Crippen molar-refractivity contribution in [3.05, 3.63) is 55.5 Å². The molecule has 112 valence electrons. The molecule has 0 aliphatic rings. The van der Waals surface area contributed by atoms with Gasteiger partial charge in [0.05, 0.1) is 20.1 Å². The second-order valence-corrected chi connectivity index (χ2v) is 6.34. The quantitative estimate of drug-likeness (QED) is 0.491. The van der Waals surface area contributed by atoms with Gasteiger partial charge in [-0.1, -0.05) is 71.5 Å². The summed E-state index contributed by atoms with van der Waals surface area (Å²) >= 11 is 24.7. The molecule has 1 N–H and O–H groups in total. The molecule has 0 spiro atoms. The van der Waals surface area contributed by atoms with Crippen LogP contribution >= 0.6 is 46.4 Å². The summed E-state index contributed by atoms with van der Waals surface area (Å²) in [6, 6.07) is 7.81. The highest BCUT2D eigenvalue weighted by molar-refractivity contribution is 6.51. The third-order valence-corrected chi connectivity index (χ3v) is 4.81. The van der Waals surface area contributed by atoms with E-state index in [0.717, 1.165) is 29.8 Å². The number of halogens is 4. The van der Waals surface area contributed by atoms with Gasteiger partial charge in [-0.05, 0) is 36.2 Å². The van der Waals surface area contributed by atoms with E-state index < -0.39 is 0 Å². The first-order valence-corrected chi connectivity index (χ1v) is 8.10. The molecule has 0 bridgehead atoms. The van der Waals surface area contributed by atoms with E-state index in [1.807, 2.05) is 13.0 Å². The maximum atomic E-state index is 6.32. The first-order chi connectivity index (χ1) is 9.95. The molecule has 0 aliphatic carbocycles. The molecule has 1 nitrogen and oxygen atoms in total. The average molecular weight is 363 g/mol. The SMILES string of the molecule is CCNCc1ccc(-c2c(Cl)cc(Cl)c(Cl)c2Cl)c(C)c1. The van der Waals surface area contributed by atoms with E-state index in [2.05, 4.69) is 24.4 Å². The van der Waals surface area contributed by atoms with Crippen molar-refractivity contribution < 1.29 is 0 Å². The van der Waals surface area contributed by atoms with Crippen LogP contribution in [0.4, 0.5) is 0 Å². The maximum Gasteiger partial charge on any atom is 0.0785 e. The monoisotopic (exact) mass is 361 g/mol. The number of rotatable bonds is 4. The lowest BCUT2D eigenvalue weighted by molar-refractivity contribution is 0.726. The largest absolute Gasteiger partial charge is 0.313 e. The second-order valence-electron chi connectivity index (χ2n) is 4.77. The molecule has 2 aromatic rings. The van der Waals surface area contributed by atoms with Crippen LogP contribution < -0.4 is 5.32 Å². The molecule has 0 amide bonds. The summed E-state index contributed by atoms with van der Waals surface area (Å²) < 4.78 is 0. The second kappa shape index (κ2) is 7.21. The summed E-state index contributed by atoms with van der Waals surface area (Å²) in [6.07, 6.45) is 0. The normalized spacial score (nSPS) is 11.0. The Morgan fingerprint density at radius 2 is 1.67 bits per heavy atom. The Morgan fingerprint density at radius 1 is 0.952 bits per heavy atom. The van der Waals surface area contributed by atoms with Crippen LogP contribution in [0.15, 0.2) is 24.3 Å². The summed E-state index contributed by atoms with van der Waals surface area (Å²) in [6.45, 7) is 5.88. The molecule has 0 saturated carbocycles. The molecule has 5 heteroatoms. The van der Waals surface area contributed by atoms with Crippen LogP contribution in [0.1, 0.15) is 18.1 Å². The van der Waals surface area contributed by atoms with Crippen molar-refractivity contribution in [1.29, 1.82) is 0 Å². The zero-order valence-electron chi connectivity index (χ0n) is 11.7. The van der Waals surface area contributed by atoms with Crippen LogP contribution in [0.3, 0.4) is 0 Å². The summed E-state index contributed by atoms with van der Waals surface area (Å²) in [7, 11) is 0.